The number of hydrogen-bond acceptors (Lipinski definition) is 5. The molecule has 32 heavy (non-hydrogen) atoms. The summed E-state index contributed by atoms with van der Waals surface area (Å²) in [5.74, 6) is 1.07. The molecule has 0 radical (unpaired) electrons. The lowest BCUT2D eigenvalue weighted by molar-refractivity contribution is -0.137. The first-order valence-corrected chi connectivity index (χ1v) is 11.5. The van der Waals surface area contributed by atoms with E-state index in [9.17, 15) is 4.79 Å². The molecule has 2 fully saturated rings. The number of nitrogens with one attached hydrogen (secondary N) is 1. The number of H-pyrrole nitrogens is 1. The van der Waals surface area contributed by atoms with Gasteiger partial charge in [-0.05, 0) is 23.9 Å². The Bertz CT molecular complexity index is 1070. The van der Waals surface area contributed by atoms with E-state index in [0.717, 1.165) is 69.6 Å². The molecule has 1 unspecified atom stereocenters. The molecule has 7 heteroatoms. The summed E-state index contributed by atoms with van der Waals surface area (Å²) in [6, 6.07) is 14.8. The van der Waals surface area contributed by atoms with E-state index in [0.29, 0.717) is 6.42 Å². The number of amides is 1. The third kappa shape index (κ3) is 4.55. The Labute approximate surface area is 189 Å². The molecule has 0 aliphatic carbocycles. The fraction of sp³-hybridized carbons (Fsp3) is 0.440. The lowest BCUT2D eigenvalue weighted by atomic mass is 10.1. The standard InChI is InChI=1S/C25H31N5O2/c1-28-10-11-30(24(31)8-9-29-12-14-32-15-13-29)23(18-28)25-26-17-22(27-25)21-7-6-19-4-2-3-5-20(19)16-21/h2-7,16-17,23H,8-15,18H2,1H3,(H,26,27). The first-order chi connectivity index (χ1) is 15.7. The van der Waals surface area contributed by atoms with Crippen molar-refractivity contribution in [2.75, 3.05) is 59.5 Å². The van der Waals surface area contributed by atoms with Crippen LogP contribution in [-0.4, -0.2) is 90.1 Å². The van der Waals surface area contributed by atoms with E-state index in [-0.39, 0.29) is 11.9 Å². The topological polar surface area (TPSA) is 64.7 Å². The summed E-state index contributed by atoms with van der Waals surface area (Å²) in [6.45, 7) is 6.53. The van der Waals surface area contributed by atoms with Crippen LogP contribution in [0.5, 0.6) is 0 Å². The summed E-state index contributed by atoms with van der Waals surface area (Å²) in [5.41, 5.74) is 2.09. The number of fused-ring (bicyclic) bond motifs is 1. The number of aromatic nitrogens is 2. The molecule has 2 saturated heterocycles. The quantitative estimate of drug-likeness (QED) is 0.670. The highest BCUT2D eigenvalue weighted by Gasteiger charge is 2.32. The fourth-order valence-corrected chi connectivity index (χ4v) is 4.68. The van der Waals surface area contributed by atoms with Crippen LogP contribution in [0.3, 0.4) is 0 Å². The van der Waals surface area contributed by atoms with E-state index >= 15 is 0 Å². The monoisotopic (exact) mass is 433 g/mol. The molecule has 0 bridgehead atoms. The molecule has 2 aromatic carbocycles. The lowest BCUT2D eigenvalue weighted by Crippen LogP contribution is -2.50. The molecule has 3 aromatic rings. The molecule has 2 aliphatic heterocycles. The van der Waals surface area contributed by atoms with Crippen LogP contribution < -0.4 is 0 Å². The van der Waals surface area contributed by atoms with Crippen molar-refractivity contribution < 1.29 is 9.53 Å². The van der Waals surface area contributed by atoms with Gasteiger partial charge in [-0.15, -0.1) is 0 Å². The predicted molar refractivity (Wildman–Crippen MR) is 125 cm³/mol. The molecule has 5 rings (SSSR count). The molecule has 168 valence electrons. The Kier molecular flexibility index (Phi) is 6.21. The highest BCUT2D eigenvalue weighted by Crippen LogP contribution is 2.28. The zero-order chi connectivity index (χ0) is 21.9. The largest absolute Gasteiger partial charge is 0.379 e. The van der Waals surface area contributed by atoms with Gasteiger partial charge in [0.2, 0.25) is 5.91 Å². The summed E-state index contributed by atoms with van der Waals surface area (Å²) in [6.07, 6.45) is 2.43. The Morgan fingerprint density at radius 3 is 2.75 bits per heavy atom. The van der Waals surface area contributed by atoms with Gasteiger partial charge < -0.3 is 19.5 Å². The maximum Gasteiger partial charge on any atom is 0.224 e. The number of imidazole rings is 1. The first-order valence-electron chi connectivity index (χ1n) is 11.5. The molecule has 1 aromatic heterocycles. The average molecular weight is 434 g/mol. The lowest BCUT2D eigenvalue weighted by Gasteiger charge is -2.39. The minimum Gasteiger partial charge on any atom is -0.379 e. The SMILES string of the molecule is CN1CCN(C(=O)CCN2CCOCC2)C(c2ncc(-c3ccc4ccccc4c3)[nH]2)C1. The molecule has 0 saturated carbocycles. The minimum atomic E-state index is -0.0554. The van der Waals surface area contributed by atoms with Crippen LogP contribution in [0.2, 0.25) is 0 Å². The number of likely N-dealkylation sites (N-methyl/N-ethyl adjacent to an activating group) is 1. The minimum absolute atomic E-state index is 0.0554. The number of benzene rings is 2. The Hall–Kier alpha value is -2.74. The smallest absolute Gasteiger partial charge is 0.224 e. The highest BCUT2D eigenvalue weighted by molar-refractivity contribution is 5.86. The molecule has 0 spiro atoms. The van der Waals surface area contributed by atoms with Crippen LogP contribution in [0.4, 0.5) is 0 Å². The zero-order valence-electron chi connectivity index (χ0n) is 18.7. The molecule has 1 atom stereocenters. The number of piperazine rings is 1. The number of nitrogens with zero attached hydrogens (tertiary/aromatic N) is 4. The summed E-state index contributed by atoms with van der Waals surface area (Å²) < 4.78 is 5.42. The van der Waals surface area contributed by atoms with E-state index < -0.39 is 0 Å². The molecule has 7 nitrogen and oxygen atoms in total. The normalized spacial score (nSPS) is 20.7. The van der Waals surface area contributed by atoms with Gasteiger partial charge in [-0.2, -0.15) is 0 Å². The fourth-order valence-electron chi connectivity index (χ4n) is 4.68. The van der Waals surface area contributed by atoms with E-state index in [2.05, 4.69) is 64.3 Å². The van der Waals surface area contributed by atoms with Gasteiger partial charge in [0, 0.05) is 51.3 Å². The van der Waals surface area contributed by atoms with Gasteiger partial charge in [-0.25, -0.2) is 4.98 Å². The third-order valence-electron chi connectivity index (χ3n) is 6.62. The highest BCUT2D eigenvalue weighted by atomic mass is 16.5. The van der Waals surface area contributed by atoms with Crippen LogP contribution in [0.1, 0.15) is 18.3 Å². The van der Waals surface area contributed by atoms with Crippen LogP contribution in [0, 0.1) is 0 Å². The first kappa shape index (κ1) is 21.1. The predicted octanol–water partition coefficient (Wildman–Crippen LogP) is 2.77. The summed E-state index contributed by atoms with van der Waals surface area (Å²) >= 11 is 0. The number of morpholine rings is 1. The van der Waals surface area contributed by atoms with Crippen LogP contribution in [-0.2, 0) is 9.53 Å². The molecule has 2 aliphatic rings. The van der Waals surface area contributed by atoms with Crippen molar-refractivity contribution in [1.82, 2.24) is 24.7 Å². The summed E-state index contributed by atoms with van der Waals surface area (Å²) in [4.78, 5) is 28.0. The number of ether oxygens (including phenoxy) is 1. The van der Waals surface area contributed by atoms with Crippen molar-refractivity contribution in [3.05, 3.63) is 54.5 Å². The zero-order valence-corrected chi connectivity index (χ0v) is 18.7. The van der Waals surface area contributed by atoms with Crippen LogP contribution in [0.15, 0.2) is 48.7 Å². The van der Waals surface area contributed by atoms with Crippen molar-refractivity contribution in [3.63, 3.8) is 0 Å². The Morgan fingerprint density at radius 2 is 1.91 bits per heavy atom. The van der Waals surface area contributed by atoms with E-state index in [1.807, 2.05) is 11.1 Å². The second kappa shape index (κ2) is 9.40. The van der Waals surface area contributed by atoms with Crippen molar-refractivity contribution in [1.29, 1.82) is 0 Å². The van der Waals surface area contributed by atoms with Gasteiger partial charge in [-0.3, -0.25) is 9.69 Å². The van der Waals surface area contributed by atoms with Gasteiger partial charge in [0.1, 0.15) is 11.9 Å². The van der Waals surface area contributed by atoms with Gasteiger partial charge in [0.05, 0.1) is 25.1 Å². The maximum atomic E-state index is 13.2. The number of rotatable bonds is 5. The molecule has 1 N–H and O–H groups in total. The second-order valence-corrected chi connectivity index (χ2v) is 8.81. The van der Waals surface area contributed by atoms with Gasteiger partial charge >= 0.3 is 0 Å². The van der Waals surface area contributed by atoms with Crippen molar-refractivity contribution in [3.8, 4) is 11.3 Å². The third-order valence-corrected chi connectivity index (χ3v) is 6.62. The van der Waals surface area contributed by atoms with Gasteiger partial charge in [-0.1, -0.05) is 36.4 Å². The molecular weight excluding hydrogens is 402 g/mol. The number of carbonyl (C=O) groups is 1. The van der Waals surface area contributed by atoms with Crippen LogP contribution in [0.25, 0.3) is 22.0 Å². The number of aromatic amines is 1. The second-order valence-electron chi connectivity index (χ2n) is 8.81. The van der Waals surface area contributed by atoms with E-state index in [1.165, 1.54) is 10.8 Å². The van der Waals surface area contributed by atoms with E-state index in [4.69, 9.17) is 9.72 Å². The van der Waals surface area contributed by atoms with Crippen molar-refractivity contribution in [2.24, 2.45) is 0 Å². The average Bonchev–Trinajstić information content (AvgIpc) is 3.33. The van der Waals surface area contributed by atoms with Crippen molar-refractivity contribution in [2.45, 2.75) is 12.5 Å². The number of hydrogen-bond donors (Lipinski definition) is 1. The molecular formula is C25H31N5O2. The van der Waals surface area contributed by atoms with Crippen molar-refractivity contribution >= 4 is 16.7 Å². The summed E-state index contributed by atoms with van der Waals surface area (Å²) in [5, 5.41) is 2.43. The molecule has 1 amide bonds. The van der Waals surface area contributed by atoms with Gasteiger partial charge in [0.25, 0.3) is 0 Å². The Morgan fingerprint density at radius 1 is 1.09 bits per heavy atom. The maximum absolute atomic E-state index is 13.2. The molecule has 3 heterocycles. The Balaban J connectivity index is 1.32. The van der Waals surface area contributed by atoms with Gasteiger partial charge in [0.15, 0.2) is 0 Å². The number of carbonyl (C=O) groups excluding carboxylic acids is 1. The van der Waals surface area contributed by atoms with E-state index in [1.54, 1.807) is 0 Å². The summed E-state index contributed by atoms with van der Waals surface area (Å²) in [7, 11) is 2.11. The van der Waals surface area contributed by atoms with Crippen LogP contribution >= 0.6 is 0 Å².